The van der Waals surface area contributed by atoms with Crippen molar-refractivity contribution in [3.63, 3.8) is 0 Å². The lowest BCUT2D eigenvalue weighted by Crippen LogP contribution is -2.30. The van der Waals surface area contributed by atoms with E-state index in [2.05, 4.69) is 0 Å². The SMILES string of the molecule is Cc1c(C(=O)O[C@@H](C)C(N)=O)oc2ccc(F)cc12. The van der Waals surface area contributed by atoms with Crippen molar-refractivity contribution in [2.24, 2.45) is 5.73 Å². The Morgan fingerprint density at radius 1 is 1.42 bits per heavy atom. The second-order valence-corrected chi connectivity index (χ2v) is 4.15. The highest BCUT2D eigenvalue weighted by Crippen LogP contribution is 2.26. The lowest BCUT2D eigenvalue weighted by Gasteiger charge is -2.07. The van der Waals surface area contributed by atoms with Crippen LogP contribution in [0.25, 0.3) is 11.0 Å². The van der Waals surface area contributed by atoms with E-state index < -0.39 is 23.8 Å². The molecule has 1 aromatic heterocycles. The summed E-state index contributed by atoms with van der Waals surface area (Å²) in [5.41, 5.74) is 5.83. The van der Waals surface area contributed by atoms with Crippen LogP contribution < -0.4 is 5.73 Å². The van der Waals surface area contributed by atoms with Gasteiger partial charge in [0.15, 0.2) is 6.10 Å². The maximum atomic E-state index is 13.1. The zero-order valence-corrected chi connectivity index (χ0v) is 10.4. The van der Waals surface area contributed by atoms with E-state index in [-0.39, 0.29) is 5.76 Å². The van der Waals surface area contributed by atoms with E-state index in [4.69, 9.17) is 14.9 Å². The van der Waals surface area contributed by atoms with Gasteiger partial charge in [-0.25, -0.2) is 9.18 Å². The fraction of sp³-hybridized carbons (Fsp3) is 0.231. The van der Waals surface area contributed by atoms with Crippen LogP contribution in [-0.4, -0.2) is 18.0 Å². The van der Waals surface area contributed by atoms with Crippen LogP contribution in [0, 0.1) is 12.7 Å². The number of primary amides is 1. The van der Waals surface area contributed by atoms with Gasteiger partial charge in [0.25, 0.3) is 5.91 Å². The van der Waals surface area contributed by atoms with Crippen molar-refractivity contribution in [3.8, 4) is 0 Å². The van der Waals surface area contributed by atoms with Crippen LogP contribution in [0.1, 0.15) is 23.0 Å². The average molecular weight is 265 g/mol. The first kappa shape index (κ1) is 13.1. The Hall–Kier alpha value is -2.37. The van der Waals surface area contributed by atoms with Crippen molar-refractivity contribution in [3.05, 3.63) is 35.3 Å². The molecule has 0 aliphatic heterocycles. The molecule has 0 radical (unpaired) electrons. The number of nitrogens with two attached hydrogens (primary N) is 1. The lowest BCUT2D eigenvalue weighted by atomic mass is 10.1. The summed E-state index contributed by atoms with van der Waals surface area (Å²) in [6.07, 6.45) is -1.06. The number of rotatable bonds is 3. The van der Waals surface area contributed by atoms with E-state index >= 15 is 0 Å². The zero-order chi connectivity index (χ0) is 14.2. The number of esters is 1. The maximum Gasteiger partial charge on any atom is 0.375 e. The summed E-state index contributed by atoms with van der Waals surface area (Å²) >= 11 is 0. The smallest absolute Gasteiger partial charge is 0.375 e. The molecule has 1 atom stereocenters. The standard InChI is InChI=1S/C13H12FNO4/c1-6-9-5-8(14)3-4-10(9)19-11(6)13(17)18-7(2)12(15)16/h3-5,7H,1-2H3,(H2,15,16)/t7-/m0/s1. The number of ether oxygens (including phenoxy) is 1. The van der Waals surface area contributed by atoms with Crippen LogP contribution in [0.3, 0.4) is 0 Å². The molecule has 0 saturated carbocycles. The lowest BCUT2D eigenvalue weighted by molar-refractivity contribution is -0.125. The number of carbonyl (C=O) groups is 2. The summed E-state index contributed by atoms with van der Waals surface area (Å²) in [6.45, 7) is 2.97. The molecule has 5 nitrogen and oxygen atoms in total. The molecule has 19 heavy (non-hydrogen) atoms. The third-order valence-corrected chi connectivity index (χ3v) is 2.77. The second-order valence-electron chi connectivity index (χ2n) is 4.15. The van der Waals surface area contributed by atoms with Gasteiger partial charge < -0.3 is 14.9 Å². The molecule has 1 aromatic carbocycles. The van der Waals surface area contributed by atoms with Gasteiger partial charge in [-0.15, -0.1) is 0 Å². The number of hydrogen-bond acceptors (Lipinski definition) is 4. The van der Waals surface area contributed by atoms with Gasteiger partial charge >= 0.3 is 5.97 Å². The van der Waals surface area contributed by atoms with Gasteiger partial charge in [0.1, 0.15) is 11.4 Å². The summed E-state index contributed by atoms with van der Waals surface area (Å²) in [5, 5.41) is 0.485. The van der Waals surface area contributed by atoms with E-state index in [0.29, 0.717) is 16.5 Å². The van der Waals surface area contributed by atoms with Gasteiger partial charge in [-0.05, 0) is 32.0 Å². The molecule has 0 fully saturated rings. The van der Waals surface area contributed by atoms with Crippen LogP contribution >= 0.6 is 0 Å². The van der Waals surface area contributed by atoms with Crippen molar-refractivity contribution in [2.75, 3.05) is 0 Å². The van der Waals surface area contributed by atoms with Crippen LogP contribution in [0.2, 0.25) is 0 Å². The highest BCUT2D eigenvalue weighted by atomic mass is 19.1. The molecule has 0 unspecified atom stereocenters. The van der Waals surface area contributed by atoms with Crippen molar-refractivity contribution in [1.29, 1.82) is 0 Å². The predicted molar refractivity (Wildman–Crippen MR) is 65.0 cm³/mol. The molecule has 1 amide bonds. The molecule has 0 bridgehead atoms. The Morgan fingerprint density at radius 3 is 2.74 bits per heavy atom. The number of halogens is 1. The number of aryl methyl sites for hydroxylation is 1. The average Bonchev–Trinajstić information content (AvgIpc) is 2.66. The highest BCUT2D eigenvalue weighted by molar-refractivity contribution is 5.97. The Kier molecular flexibility index (Phi) is 3.25. The monoisotopic (exact) mass is 265 g/mol. The summed E-state index contributed by atoms with van der Waals surface area (Å²) in [7, 11) is 0. The first-order valence-corrected chi connectivity index (χ1v) is 5.59. The molecule has 0 aliphatic rings. The van der Waals surface area contributed by atoms with E-state index in [1.807, 2.05) is 0 Å². The molecular weight excluding hydrogens is 253 g/mol. The molecule has 2 rings (SSSR count). The van der Waals surface area contributed by atoms with Crippen molar-refractivity contribution < 1.29 is 23.1 Å². The fourth-order valence-corrected chi connectivity index (χ4v) is 1.66. The first-order chi connectivity index (χ1) is 8.90. The van der Waals surface area contributed by atoms with Crippen molar-refractivity contribution in [1.82, 2.24) is 0 Å². The molecule has 100 valence electrons. The minimum absolute atomic E-state index is 0.0614. The molecule has 0 spiro atoms. The maximum absolute atomic E-state index is 13.1. The summed E-state index contributed by atoms with van der Waals surface area (Å²) in [4.78, 5) is 22.7. The highest BCUT2D eigenvalue weighted by Gasteiger charge is 2.23. The predicted octanol–water partition coefficient (Wildman–Crippen LogP) is 1.91. The van der Waals surface area contributed by atoms with Crippen LogP contribution in [-0.2, 0) is 9.53 Å². The Balaban J connectivity index is 2.37. The number of amides is 1. The number of carbonyl (C=O) groups excluding carboxylic acids is 2. The third-order valence-electron chi connectivity index (χ3n) is 2.77. The topological polar surface area (TPSA) is 82.5 Å². The van der Waals surface area contributed by atoms with Crippen LogP contribution in [0.4, 0.5) is 4.39 Å². The molecule has 1 heterocycles. The van der Waals surface area contributed by atoms with E-state index in [9.17, 15) is 14.0 Å². The largest absolute Gasteiger partial charge is 0.449 e. The van der Waals surface area contributed by atoms with Crippen LogP contribution in [0.5, 0.6) is 0 Å². The molecule has 0 aliphatic carbocycles. The van der Waals surface area contributed by atoms with E-state index in [1.165, 1.54) is 25.1 Å². The van der Waals surface area contributed by atoms with Crippen LogP contribution in [0.15, 0.2) is 22.6 Å². The van der Waals surface area contributed by atoms with Gasteiger partial charge in [0, 0.05) is 10.9 Å². The number of furan rings is 1. The molecule has 6 heteroatoms. The molecule has 2 aromatic rings. The van der Waals surface area contributed by atoms with Gasteiger partial charge in [0.2, 0.25) is 5.76 Å². The Labute approximate surface area is 108 Å². The number of fused-ring (bicyclic) bond motifs is 1. The van der Waals surface area contributed by atoms with Crippen molar-refractivity contribution in [2.45, 2.75) is 20.0 Å². The minimum Gasteiger partial charge on any atom is -0.449 e. The molecule has 2 N–H and O–H groups in total. The van der Waals surface area contributed by atoms with Crippen molar-refractivity contribution >= 4 is 22.8 Å². The van der Waals surface area contributed by atoms with E-state index in [1.54, 1.807) is 6.92 Å². The van der Waals surface area contributed by atoms with Gasteiger partial charge in [-0.1, -0.05) is 0 Å². The summed E-state index contributed by atoms with van der Waals surface area (Å²) in [5.74, 6) is -2.05. The third kappa shape index (κ3) is 2.42. The quantitative estimate of drug-likeness (QED) is 0.859. The van der Waals surface area contributed by atoms with E-state index in [0.717, 1.165) is 0 Å². The summed E-state index contributed by atoms with van der Waals surface area (Å²) < 4.78 is 23.3. The Bertz CT molecular complexity index is 662. The zero-order valence-electron chi connectivity index (χ0n) is 10.4. The molecular formula is C13H12FNO4. The number of benzene rings is 1. The van der Waals surface area contributed by atoms with Gasteiger partial charge in [-0.2, -0.15) is 0 Å². The second kappa shape index (κ2) is 4.72. The first-order valence-electron chi connectivity index (χ1n) is 5.59. The summed E-state index contributed by atoms with van der Waals surface area (Å²) in [6, 6.07) is 3.92. The normalized spacial score (nSPS) is 12.4. The number of hydrogen-bond donors (Lipinski definition) is 1. The van der Waals surface area contributed by atoms with Gasteiger partial charge in [-0.3, -0.25) is 4.79 Å². The van der Waals surface area contributed by atoms with Gasteiger partial charge in [0.05, 0.1) is 0 Å². The Morgan fingerprint density at radius 2 is 2.11 bits per heavy atom. The minimum atomic E-state index is -1.06. The molecule has 0 saturated heterocycles. The fourth-order valence-electron chi connectivity index (χ4n) is 1.66.